The van der Waals surface area contributed by atoms with E-state index in [2.05, 4.69) is 35.9 Å². The fraction of sp³-hybridized carbons (Fsp3) is 0.350. The molecule has 1 aliphatic heterocycles. The number of fused-ring (bicyclic) bond motifs is 1. The molecule has 0 spiro atoms. The number of aryl methyl sites for hydroxylation is 1. The number of hydrogen-bond donors (Lipinski definition) is 0. The molecule has 0 amide bonds. The highest BCUT2D eigenvalue weighted by molar-refractivity contribution is 6.30. The minimum Gasteiger partial charge on any atom is -0.368 e. The van der Waals surface area contributed by atoms with Crippen LogP contribution in [0.25, 0.3) is 0 Å². The van der Waals surface area contributed by atoms with E-state index in [1.807, 2.05) is 37.7 Å². The third-order valence-corrected chi connectivity index (χ3v) is 4.71. The Morgan fingerprint density at radius 1 is 1.29 bits per heavy atom. The molecule has 0 aromatic heterocycles. The minimum atomic E-state index is -0.0268. The fourth-order valence-corrected chi connectivity index (χ4v) is 3.02. The van der Waals surface area contributed by atoms with E-state index in [9.17, 15) is 0 Å². The van der Waals surface area contributed by atoms with Crippen LogP contribution in [-0.2, 0) is 11.2 Å². The maximum absolute atomic E-state index is 6.05. The normalized spacial score (nSPS) is 17.1. The van der Waals surface area contributed by atoms with Crippen molar-refractivity contribution >= 4 is 23.6 Å². The van der Waals surface area contributed by atoms with E-state index in [0.717, 1.165) is 35.8 Å². The zero-order chi connectivity index (χ0) is 17.1. The summed E-state index contributed by atoms with van der Waals surface area (Å²) < 4.78 is 6.05. The number of aliphatic imine (C=N–C) groups is 1. The van der Waals surface area contributed by atoms with Crippen molar-refractivity contribution in [1.29, 1.82) is 0 Å². The first-order chi connectivity index (χ1) is 11.6. The molecule has 0 N–H and O–H groups in total. The smallest absolute Gasteiger partial charge is 0.108 e. The number of ether oxygens (including phenoxy) is 1. The Bertz CT molecular complexity index is 740. The van der Waals surface area contributed by atoms with Crippen LogP contribution in [0.1, 0.15) is 35.3 Å². The molecule has 2 aromatic rings. The molecule has 0 saturated heterocycles. The van der Waals surface area contributed by atoms with Crippen LogP contribution < -0.4 is 0 Å². The highest BCUT2D eigenvalue weighted by atomic mass is 35.5. The quantitative estimate of drug-likeness (QED) is 0.581. The molecule has 3 rings (SSSR count). The molecule has 126 valence electrons. The zero-order valence-corrected chi connectivity index (χ0v) is 15.2. The summed E-state index contributed by atoms with van der Waals surface area (Å²) in [5.74, 6) is 0. The minimum absolute atomic E-state index is 0.0268. The van der Waals surface area contributed by atoms with Gasteiger partial charge in [-0.15, -0.1) is 0 Å². The molecule has 3 nitrogen and oxygen atoms in total. The molecule has 0 saturated carbocycles. The summed E-state index contributed by atoms with van der Waals surface area (Å²) >= 11 is 6.01. The van der Waals surface area contributed by atoms with Crippen LogP contribution >= 0.6 is 11.6 Å². The van der Waals surface area contributed by atoms with Gasteiger partial charge in [-0.25, -0.2) is 4.99 Å². The van der Waals surface area contributed by atoms with Crippen molar-refractivity contribution in [3.8, 4) is 0 Å². The molecule has 1 heterocycles. The maximum atomic E-state index is 6.05. The first-order valence-corrected chi connectivity index (χ1v) is 8.71. The van der Waals surface area contributed by atoms with Crippen molar-refractivity contribution in [3.05, 3.63) is 63.7 Å². The van der Waals surface area contributed by atoms with E-state index in [-0.39, 0.29) is 6.10 Å². The maximum Gasteiger partial charge on any atom is 0.108 e. The number of nitrogens with zero attached hydrogens (tertiary/aromatic N) is 2. The molecule has 24 heavy (non-hydrogen) atoms. The third kappa shape index (κ3) is 3.63. The van der Waals surface area contributed by atoms with Gasteiger partial charge in [-0.3, -0.25) is 0 Å². The Labute approximate surface area is 148 Å². The predicted molar refractivity (Wildman–Crippen MR) is 101 cm³/mol. The van der Waals surface area contributed by atoms with Gasteiger partial charge >= 0.3 is 0 Å². The lowest BCUT2D eigenvalue weighted by atomic mass is 9.91. The van der Waals surface area contributed by atoms with Crippen LogP contribution in [0.4, 0.5) is 5.69 Å². The summed E-state index contributed by atoms with van der Waals surface area (Å²) in [5, 5.41) is 0.746. The molecule has 1 atom stereocenters. The molecule has 4 heteroatoms. The van der Waals surface area contributed by atoms with Crippen LogP contribution in [0.15, 0.2) is 41.4 Å². The van der Waals surface area contributed by atoms with Gasteiger partial charge in [0.15, 0.2) is 0 Å². The van der Waals surface area contributed by atoms with E-state index in [0.29, 0.717) is 0 Å². The molecular formula is C20H23ClN2O. The highest BCUT2D eigenvalue weighted by Crippen LogP contribution is 2.36. The van der Waals surface area contributed by atoms with Gasteiger partial charge in [-0.05, 0) is 60.7 Å². The lowest BCUT2D eigenvalue weighted by Gasteiger charge is -2.27. The van der Waals surface area contributed by atoms with Gasteiger partial charge in [0.2, 0.25) is 0 Å². The van der Waals surface area contributed by atoms with Crippen LogP contribution in [0.5, 0.6) is 0 Å². The van der Waals surface area contributed by atoms with Crippen molar-refractivity contribution in [2.24, 2.45) is 4.99 Å². The van der Waals surface area contributed by atoms with Gasteiger partial charge in [-0.1, -0.05) is 29.8 Å². The Hall–Kier alpha value is -1.84. The number of benzene rings is 2. The average molecular weight is 343 g/mol. The second-order valence-corrected chi connectivity index (χ2v) is 6.64. The fourth-order valence-electron chi connectivity index (χ4n) is 2.89. The summed E-state index contributed by atoms with van der Waals surface area (Å²) in [4.78, 5) is 6.70. The van der Waals surface area contributed by atoms with Gasteiger partial charge < -0.3 is 9.64 Å². The Balaban J connectivity index is 1.95. The van der Waals surface area contributed by atoms with Crippen molar-refractivity contribution in [2.75, 3.05) is 20.2 Å². The van der Waals surface area contributed by atoms with Gasteiger partial charge in [0, 0.05) is 18.6 Å². The van der Waals surface area contributed by atoms with Crippen LogP contribution in [-0.4, -0.2) is 31.4 Å². The van der Waals surface area contributed by atoms with Gasteiger partial charge in [0.25, 0.3) is 0 Å². The van der Waals surface area contributed by atoms with Gasteiger partial charge in [-0.2, -0.15) is 0 Å². The topological polar surface area (TPSA) is 24.8 Å². The second kappa shape index (κ2) is 7.37. The van der Waals surface area contributed by atoms with Gasteiger partial charge in [0.1, 0.15) is 6.10 Å². The van der Waals surface area contributed by atoms with E-state index in [4.69, 9.17) is 16.3 Å². The lowest BCUT2D eigenvalue weighted by molar-refractivity contribution is 0.0698. The number of halogens is 1. The van der Waals surface area contributed by atoms with Crippen LogP contribution in [0.3, 0.4) is 0 Å². The Morgan fingerprint density at radius 3 is 2.75 bits per heavy atom. The summed E-state index contributed by atoms with van der Waals surface area (Å²) in [6.45, 7) is 5.88. The second-order valence-electron chi connectivity index (χ2n) is 6.21. The Morgan fingerprint density at radius 2 is 2.04 bits per heavy atom. The van der Waals surface area contributed by atoms with Crippen molar-refractivity contribution in [1.82, 2.24) is 4.90 Å². The molecule has 2 aromatic carbocycles. The third-order valence-electron chi connectivity index (χ3n) is 4.46. The molecule has 0 bridgehead atoms. The van der Waals surface area contributed by atoms with Crippen molar-refractivity contribution < 1.29 is 4.74 Å². The monoisotopic (exact) mass is 342 g/mol. The number of rotatable bonds is 4. The predicted octanol–water partition coefficient (Wildman–Crippen LogP) is 4.92. The summed E-state index contributed by atoms with van der Waals surface area (Å²) in [6, 6.07) is 12.3. The first kappa shape index (κ1) is 17.0. The van der Waals surface area contributed by atoms with E-state index in [1.165, 1.54) is 16.7 Å². The zero-order valence-electron chi connectivity index (χ0n) is 14.4. The lowest BCUT2D eigenvalue weighted by Crippen LogP contribution is -2.17. The van der Waals surface area contributed by atoms with Crippen LogP contribution in [0, 0.1) is 6.92 Å². The molecule has 0 fully saturated rings. The van der Waals surface area contributed by atoms with E-state index < -0.39 is 0 Å². The SMILES string of the molecule is CCN(C)/C=N/c1cc2c(cc1C)C(c1ccc(Cl)cc1)OCC2. The van der Waals surface area contributed by atoms with Crippen molar-refractivity contribution in [2.45, 2.75) is 26.4 Å². The van der Waals surface area contributed by atoms with Crippen LogP contribution in [0.2, 0.25) is 5.02 Å². The standard InChI is InChI=1S/C20H23ClN2O/c1-4-23(3)13-22-19-12-16-9-10-24-20(18(16)11-14(19)2)15-5-7-17(21)8-6-15/h5-8,11-13,20H,4,9-10H2,1-3H3/b22-13+. The van der Waals surface area contributed by atoms with E-state index >= 15 is 0 Å². The molecule has 1 aliphatic rings. The van der Waals surface area contributed by atoms with E-state index in [1.54, 1.807) is 0 Å². The summed E-state index contributed by atoms with van der Waals surface area (Å²) in [7, 11) is 2.03. The van der Waals surface area contributed by atoms with Crippen molar-refractivity contribution in [3.63, 3.8) is 0 Å². The highest BCUT2D eigenvalue weighted by Gasteiger charge is 2.23. The summed E-state index contributed by atoms with van der Waals surface area (Å²) in [5.41, 5.74) is 5.90. The molecular weight excluding hydrogens is 320 g/mol. The number of hydrogen-bond acceptors (Lipinski definition) is 2. The largest absolute Gasteiger partial charge is 0.368 e. The Kier molecular flexibility index (Phi) is 5.22. The molecule has 0 radical (unpaired) electrons. The summed E-state index contributed by atoms with van der Waals surface area (Å²) in [6.07, 6.45) is 2.79. The first-order valence-electron chi connectivity index (χ1n) is 8.33. The van der Waals surface area contributed by atoms with Gasteiger partial charge in [0.05, 0.1) is 18.6 Å². The average Bonchev–Trinajstić information content (AvgIpc) is 2.60. The molecule has 1 unspecified atom stereocenters. The molecule has 0 aliphatic carbocycles.